The maximum absolute atomic E-state index is 10.9. The zero-order valence-corrected chi connectivity index (χ0v) is 10.8. The van der Waals surface area contributed by atoms with Crippen molar-refractivity contribution in [1.29, 1.82) is 0 Å². The highest BCUT2D eigenvalue weighted by Crippen LogP contribution is 2.14. The molecule has 0 atom stereocenters. The molecule has 0 bridgehead atoms. The van der Waals surface area contributed by atoms with E-state index in [9.17, 15) is 4.79 Å². The third-order valence-electron chi connectivity index (χ3n) is 3.03. The van der Waals surface area contributed by atoms with Gasteiger partial charge in [0.2, 0.25) is 0 Å². The van der Waals surface area contributed by atoms with Crippen LogP contribution in [0.15, 0.2) is 24.3 Å². The van der Waals surface area contributed by atoms with E-state index in [1.807, 2.05) is 20.8 Å². The quantitative estimate of drug-likeness (QED) is 0.902. The Morgan fingerprint density at radius 2 is 2.00 bits per heavy atom. The summed E-state index contributed by atoms with van der Waals surface area (Å²) >= 11 is 0. The van der Waals surface area contributed by atoms with E-state index in [0.717, 1.165) is 11.3 Å². The average molecular weight is 244 g/mol. The Kier molecular flexibility index (Phi) is 3.19. The number of aromatic nitrogens is 2. The number of rotatable bonds is 3. The van der Waals surface area contributed by atoms with Crippen LogP contribution < -0.4 is 0 Å². The summed E-state index contributed by atoms with van der Waals surface area (Å²) in [5, 5.41) is 13.0. The zero-order valence-electron chi connectivity index (χ0n) is 10.8. The second-order valence-corrected chi connectivity index (χ2v) is 4.56. The molecule has 0 amide bonds. The Morgan fingerprint density at radius 3 is 2.61 bits per heavy atom. The average Bonchev–Trinajstić information content (AvgIpc) is 2.66. The highest BCUT2D eigenvalue weighted by molar-refractivity contribution is 5.85. The van der Waals surface area contributed by atoms with Crippen molar-refractivity contribution >= 4 is 5.97 Å². The van der Waals surface area contributed by atoms with Crippen molar-refractivity contribution in [1.82, 2.24) is 9.78 Å². The molecule has 4 nitrogen and oxygen atoms in total. The first kappa shape index (κ1) is 12.4. The van der Waals surface area contributed by atoms with Gasteiger partial charge in [-0.2, -0.15) is 5.10 Å². The summed E-state index contributed by atoms with van der Waals surface area (Å²) in [6, 6.07) is 7.84. The topological polar surface area (TPSA) is 55.1 Å². The molecule has 0 unspecified atom stereocenters. The predicted molar refractivity (Wildman–Crippen MR) is 68.9 cm³/mol. The minimum absolute atomic E-state index is 0.0952. The van der Waals surface area contributed by atoms with Crippen LogP contribution in [-0.4, -0.2) is 20.9 Å². The van der Waals surface area contributed by atoms with Gasteiger partial charge in [-0.1, -0.05) is 23.8 Å². The summed E-state index contributed by atoms with van der Waals surface area (Å²) in [7, 11) is 0. The van der Waals surface area contributed by atoms with Crippen molar-refractivity contribution in [3.05, 3.63) is 52.3 Å². The monoisotopic (exact) mass is 244 g/mol. The smallest absolute Gasteiger partial charge is 0.356 e. The van der Waals surface area contributed by atoms with Crippen LogP contribution in [0.4, 0.5) is 0 Å². The van der Waals surface area contributed by atoms with Crippen molar-refractivity contribution < 1.29 is 9.90 Å². The molecule has 2 aromatic rings. The van der Waals surface area contributed by atoms with E-state index >= 15 is 0 Å². The molecule has 1 aromatic carbocycles. The highest BCUT2D eigenvalue weighted by Gasteiger charge is 2.11. The van der Waals surface area contributed by atoms with E-state index in [4.69, 9.17) is 5.11 Å². The van der Waals surface area contributed by atoms with Gasteiger partial charge in [0.15, 0.2) is 5.69 Å². The molecule has 0 aliphatic carbocycles. The minimum atomic E-state index is -0.988. The van der Waals surface area contributed by atoms with Gasteiger partial charge in [-0.25, -0.2) is 4.79 Å². The predicted octanol–water partition coefficient (Wildman–Crippen LogP) is 2.55. The Labute approximate surface area is 106 Å². The molecule has 2 rings (SSSR count). The van der Waals surface area contributed by atoms with Crippen LogP contribution in [0.1, 0.15) is 32.9 Å². The fourth-order valence-corrected chi connectivity index (χ4v) is 1.91. The first-order valence-corrected chi connectivity index (χ1v) is 5.81. The van der Waals surface area contributed by atoms with Gasteiger partial charge >= 0.3 is 5.97 Å². The van der Waals surface area contributed by atoms with E-state index in [1.54, 1.807) is 10.7 Å². The van der Waals surface area contributed by atoms with Gasteiger partial charge in [-0.15, -0.1) is 0 Å². The molecule has 0 aliphatic heterocycles. The molecule has 18 heavy (non-hydrogen) atoms. The number of carboxylic acids is 1. The van der Waals surface area contributed by atoms with Crippen molar-refractivity contribution in [2.75, 3.05) is 0 Å². The fourth-order valence-electron chi connectivity index (χ4n) is 1.91. The van der Waals surface area contributed by atoms with Gasteiger partial charge < -0.3 is 5.11 Å². The molecule has 4 heteroatoms. The first-order valence-electron chi connectivity index (χ1n) is 5.81. The fraction of sp³-hybridized carbons (Fsp3) is 0.286. The summed E-state index contributed by atoms with van der Waals surface area (Å²) in [6.07, 6.45) is 0. The van der Waals surface area contributed by atoms with E-state index in [1.165, 1.54) is 11.1 Å². The van der Waals surface area contributed by atoms with E-state index in [-0.39, 0.29) is 5.69 Å². The maximum Gasteiger partial charge on any atom is 0.356 e. The summed E-state index contributed by atoms with van der Waals surface area (Å²) < 4.78 is 1.73. The van der Waals surface area contributed by atoms with Crippen molar-refractivity contribution in [3.8, 4) is 0 Å². The summed E-state index contributed by atoms with van der Waals surface area (Å²) in [6.45, 7) is 6.56. The van der Waals surface area contributed by atoms with E-state index < -0.39 is 5.97 Å². The Hall–Kier alpha value is -2.10. The van der Waals surface area contributed by atoms with Crippen LogP contribution >= 0.6 is 0 Å². The number of hydrogen-bond donors (Lipinski definition) is 1. The van der Waals surface area contributed by atoms with E-state index in [2.05, 4.69) is 23.3 Å². The number of carboxylic acid groups (broad SMARTS) is 1. The van der Waals surface area contributed by atoms with E-state index in [0.29, 0.717) is 6.54 Å². The number of aromatic carboxylic acids is 1. The molecule has 0 aliphatic rings. The lowest BCUT2D eigenvalue weighted by molar-refractivity contribution is 0.0689. The zero-order chi connectivity index (χ0) is 13.3. The van der Waals surface area contributed by atoms with Crippen molar-refractivity contribution in [2.24, 2.45) is 0 Å². The van der Waals surface area contributed by atoms with Gasteiger partial charge in [0.05, 0.1) is 6.54 Å². The van der Waals surface area contributed by atoms with Crippen LogP contribution in [-0.2, 0) is 6.54 Å². The standard InChI is InChI=1S/C14H16N2O2/c1-9-4-5-10(2)12(6-9)8-16-11(3)7-13(15-16)14(17)18/h4-7H,8H2,1-3H3,(H,17,18). The van der Waals surface area contributed by atoms with Crippen molar-refractivity contribution in [2.45, 2.75) is 27.3 Å². The lowest BCUT2D eigenvalue weighted by Crippen LogP contribution is -2.07. The number of hydrogen-bond acceptors (Lipinski definition) is 2. The molecule has 1 N–H and O–H groups in total. The highest BCUT2D eigenvalue weighted by atomic mass is 16.4. The van der Waals surface area contributed by atoms with Crippen molar-refractivity contribution in [3.63, 3.8) is 0 Å². The SMILES string of the molecule is Cc1ccc(C)c(Cn2nc(C(=O)O)cc2C)c1. The lowest BCUT2D eigenvalue weighted by atomic mass is 10.1. The van der Waals surface area contributed by atoms with Crippen LogP contribution in [0.3, 0.4) is 0 Å². The van der Waals surface area contributed by atoms with Gasteiger partial charge in [-0.05, 0) is 38.0 Å². The molecule has 94 valence electrons. The maximum atomic E-state index is 10.9. The van der Waals surface area contributed by atoms with Gasteiger partial charge in [-0.3, -0.25) is 4.68 Å². The molecule has 0 radical (unpaired) electrons. The molecule has 0 spiro atoms. The molecule has 0 saturated heterocycles. The van der Waals surface area contributed by atoms with Gasteiger partial charge in [0, 0.05) is 5.69 Å². The minimum Gasteiger partial charge on any atom is -0.476 e. The third kappa shape index (κ3) is 2.42. The number of aryl methyl sites for hydroxylation is 3. The number of carbonyl (C=O) groups is 1. The molecule has 0 saturated carbocycles. The molecule has 1 heterocycles. The summed E-state index contributed by atoms with van der Waals surface area (Å²) in [4.78, 5) is 10.9. The van der Waals surface area contributed by atoms with Crippen LogP contribution in [0, 0.1) is 20.8 Å². The molecular weight excluding hydrogens is 228 g/mol. The van der Waals surface area contributed by atoms with Gasteiger partial charge in [0.25, 0.3) is 0 Å². The third-order valence-corrected chi connectivity index (χ3v) is 3.03. The molecule has 0 fully saturated rings. The Bertz CT molecular complexity index is 600. The molecular formula is C14H16N2O2. The Morgan fingerprint density at radius 1 is 1.28 bits per heavy atom. The normalized spacial score (nSPS) is 10.6. The second kappa shape index (κ2) is 4.64. The number of nitrogens with zero attached hydrogens (tertiary/aromatic N) is 2. The number of benzene rings is 1. The Balaban J connectivity index is 2.34. The van der Waals surface area contributed by atoms with Crippen LogP contribution in [0.2, 0.25) is 0 Å². The first-order chi connectivity index (χ1) is 8.47. The van der Waals surface area contributed by atoms with Crippen LogP contribution in [0.25, 0.3) is 0 Å². The lowest BCUT2D eigenvalue weighted by Gasteiger charge is -2.08. The molecule has 1 aromatic heterocycles. The van der Waals surface area contributed by atoms with Gasteiger partial charge in [0.1, 0.15) is 0 Å². The summed E-state index contributed by atoms with van der Waals surface area (Å²) in [5.74, 6) is -0.988. The largest absolute Gasteiger partial charge is 0.476 e. The second-order valence-electron chi connectivity index (χ2n) is 4.56. The van der Waals surface area contributed by atoms with Crippen LogP contribution in [0.5, 0.6) is 0 Å². The summed E-state index contributed by atoms with van der Waals surface area (Å²) in [5.41, 5.74) is 4.50.